The van der Waals surface area contributed by atoms with E-state index in [2.05, 4.69) is 49.6 Å². The lowest BCUT2D eigenvalue weighted by Gasteiger charge is -2.26. The van der Waals surface area contributed by atoms with Crippen LogP contribution in [0.2, 0.25) is 0 Å². The molecule has 1 unspecified atom stereocenters. The Kier molecular flexibility index (Phi) is 3.80. The number of aryl methyl sites for hydroxylation is 1. The third-order valence-electron chi connectivity index (χ3n) is 4.78. The highest BCUT2D eigenvalue weighted by molar-refractivity contribution is 5.82. The Balaban J connectivity index is 1.59. The Morgan fingerprint density at radius 2 is 2.32 bits per heavy atom. The predicted octanol–water partition coefficient (Wildman–Crippen LogP) is 2.10. The maximum Gasteiger partial charge on any atom is 0.253 e. The van der Waals surface area contributed by atoms with E-state index in [0.29, 0.717) is 18.3 Å². The number of amides is 1. The van der Waals surface area contributed by atoms with Crippen LogP contribution in [0.15, 0.2) is 35.0 Å². The van der Waals surface area contributed by atoms with Crippen LogP contribution in [0.4, 0.5) is 0 Å². The number of likely N-dealkylation sites (tertiary alicyclic amines) is 1. The average Bonchev–Trinajstić information content (AvgIpc) is 3.27. The smallest absolute Gasteiger partial charge is 0.253 e. The van der Waals surface area contributed by atoms with E-state index in [0.717, 1.165) is 25.0 Å². The Morgan fingerprint density at radius 1 is 1.44 bits per heavy atom. The van der Waals surface area contributed by atoms with Crippen molar-refractivity contribution < 1.29 is 9.32 Å². The summed E-state index contributed by atoms with van der Waals surface area (Å²) in [4.78, 5) is 21.7. The number of nitrogens with zero attached hydrogens (tertiary/aromatic N) is 3. The number of benzene rings is 1. The van der Waals surface area contributed by atoms with Crippen molar-refractivity contribution in [2.45, 2.75) is 32.4 Å². The number of H-pyrrole nitrogens is 1. The largest absolute Gasteiger partial charge is 0.361 e. The van der Waals surface area contributed by atoms with Crippen LogP contribution in [0.3, 0.4) is 0 Å². The second kappa shape index (κ2) is 6.00. The highest BCUT2D eigenvalue weighted by atomic mass is 16.5. The van der Waals surface area contributed by atoms with Crippen LogP contribution in [0.5, 0.6) is 0 Å². The van der Waals surface area contributed by atoms with Crippen molar-refractivity contribution >= 4 is 16.8 Å². The number of aromatic amines is 1. The molecular formula is C18H21N5O2. The molecule has 3 heterocycles. The Hall–Kier alpha value is -2.67. The molecular weight excluding hydrogens is 318 g/mol. The molecule has 1 aliphatic heterocycles. The molecule has 3 aromatic rings. The summed E-state index contributed by atoms with van der Waals surface area (Å²) in [7, 11) is 0. The number of rotatable bonds is 4. The molecule has 1 amide bonds. The first-order valence-electron chi connectivity index (χ1n) is 8.43. The molecule has 1 aromatic carbocycles. The van der Waals surface area contributed by atoms with Gasteiger partial charge in [0.15, 0.2) is 5.82 Å². The summed E-state index contributed by atoms with van der Waals surface area (Å²) in [5.74, 6) is 0.975. The van der Waals surface area contributed by atoms with Crippen molar-refractivity contribution in [1.29, 1.82) is 0 Å². The van der Waals surface area contributed by atoms with Crippen molar-refractivity contribution in [1.82, 2.24) is 25.3 Å². The summed E-state index contributed by atoms with van der Waals surface area (Å²) in [6.45, 7) is 5.61. The molecule has 0 radical (unpaired) electrons. The highest BCUT2D eigenvalue weighted by Gasteiger charge is 2.45. The molecule has 130 valence electrons. The van der Waals surface area contributed by atoms with Crippen LogP contribution in [-0.4, -0.2) is 39.0 Å². The minimum absolute atomic E-state index is 0.0922. The first-order chi connectivity index (χ1) is 12.1. The lowest BCUT2D eigenvalue weighted by atomic mass is 9.98. The van der Waals surface area contributed by atoms with Crippen LogP contribution < -0.4 is 5.32 Å². The van der Waals surface area contributed by atoms with Gasteiger partial charge in [0.2, 0.25) is 5.91 Å². The van der Waals surface area contributed by atoms with Gasteiger partial charge >= 0.3 is 0 Å². The van der Waals surface area contributed by atoms with Gasteiger partial charge in [-0.25, -0.2) is 0 Å². The predicted molar refractivity (Wildman–Crippen MR) is 92.7 cm³/mol. The number of carbonyl (C=O) groups excluding carboxylic acids is 1. The average molecular weight is 339 g/mol. The topological polar surface area (TPSA) is 87.1 Å². The van der Waals surface area contributed by atoms with Gasteiger partial charge in [0.1, 0.15) is 5.54 Å². The molecule has 1 fully saturated rings. The molecule has 2 N–H and O–H groups in total. The van der Waals surface area contributed by atoms with Gasteiger partial charge in [-0.1, -0.05) is 17.3 Å². The fraction of sp³-hybridized carbons (Fsp3) is 0.389. The number of hydrogen-bond donors (Lipinski definition) is 2. The van der Waals surface area contributed by atoms with Crippen molar-refractivity contribution in [2.75, 3.05) is 13.1 Å². The maximum atomic E-state index is 11.8. The quantitative estimate of drug-likeness (QED) is 0.760. The molecule has 7 heteroatoms. The zero-order valence-corrected chi connectivity index (χ0v) is 14.4. The summed E-state index contributed by atoms with van der Waals surface area (Å²) in [6, 6.07) is 8.38. The summed E-state index contributed by atoms with van der Waals surface area (Å²) in [5.41, 5.74) is 1.79. The van der Waals surface area contributed by atoms with E-state index >= 15 is 0 Å². The monoisotopic (exact) mass is 339 g/mol. The van der Waals surface area contributed by atoms with Crippen LogP contribution >= 0.6 is 0 Å². The van der Waals surface area contributed by atoms with E-state index in [1.807, 2.05) is 6.20 Å². The second-order valence-electron chi connectivity index (χ2n) is 6.73. The van der Waals surface area contributed by atoms with E-state index in [1.165, 1.54) is 17.9 Å². The van der Waals surface area contributed by atoms with Crippen molar-refractivity contribution in [2.24, 2.45) is 0 Å². The standard InChI is InChI=1S/C18H21N5O2/c1-12-20-17(25-22-12)18(21-13(2)24)7-9-23(11-18)10-14-4-3-5-16-15(14)6-8-19-16/h3-6,8,19H,7,9-11H2,1-2H3,(H,21,24). The Labute approximate surface area is 145 Å². The lowest BCUT2D eigenvalue weighted by Crippen LogP contribution is -2.47. The van der Waals surface area contributed by atoms with Gasteiger partial charge in [0.05, 0.1) is 0 Å². The molecule has 0 bridgehead atoms. The number of fused-ring (bicyclic) bond motifs is 1. The van der Waals surface area contributed by atoms with Gasteiger partial charge in [-0.15, -0.1) is 0 Å². The molecule has 7 nitrogen and oxygen atoms in total. The maximum absolute atomic E-state index is 11.8. The zero-order chi connectivity index (χ0) is 17.4. The van der Waals surface area contributed by atoms with Gasteiger partial charge in [0.25, 0.3) is 5.89 Å². The summed E-state index contributed by atoms with van der Waals surface area (Å²) >= 11 is 0. The van der Waals surface area contributed by atoms with Crippen molar-refractivity contribution in [3.63, 3.8) is 0 Å². The fourth-order valence-corrected chi connectivity index (χ4v) is 3.71. The van der Waals surface area contributed by atoms with Gasteiger partial charge < -0.3 is 14.8 Å². The lowest BCUT2D eigenvalue weighted by molar-refractivity contribution is -0.121. The zero-order valence-electron chi connectivity index (χ0n) is 14.4. The van der Waals surface area contributed by atoms with E-state index in [-0.39, 0.29) is 5.91 Å². The van der Waals surface area contributed by atoms with Crippen LogP contribution in [0.1, 0.15) is 30.6 Å². The number of aromatic nitrogens is 3. The molecule has 1 saturated heterocycles. The molecule has 1 atom stereocenters. The molecule has 2 aromatic heterocycles. The molecule has 4 rings (SSSR count). The third-order valence-corrected chi connectivity index (χ3v) is 4.78. The molecule has 0 spiro atoms. The van der Waals surface area contributed by atoms with Crippen molar-refractivity contribution in [3.05, 3.63) is 47.7 Å². The van der Waals surface area contributed by atoms with Gasteiger partial charge in [-0.2, -0.15) is 4.98 Å². The van der Waals surface area contributed by atoms with Crippen LogP contribution in [-0.2, 0) is 16.9 Å². The summed E-state index contributed by atoms with van der Waals surface area (Å²) < 4.78 is 5.40. The highest BCUT2D eigenvalue weighted by Crippen LogP contribution is 2.32. The van der Waals surface area contributed by atoms with E-state index in [4.69, 9.17) is 4.52 Å². The first kappa shape index (κ1) is 15.8. The number of hydrogen-bond acceptors (Lipinski definition) is 5. The fourth-order valence-electron chi connectivity index (χ4n) is 3.71. The number of carbonyl (C=O) groups is 1. The second-order valence-corrected chi connectivity index (χ2v) is 6.73. The minimum Gasteiger partial charge on any atom is -0.361 e. The van der Waals surface area contributed by atoms with E-state index in [9.17, 15) is 4.79 Å². The van der Waals surface area contributed by atoms with Crippen LogP contribution in [0.25, 0.3) is 10.9 Å². The van der Waals surface area contributed by atoms with Gasteiger partial charge in [-0.05, 0) is 31.0 Å². The normalized spacial score (nSPS) is 21.0. The Bertz CT molecular complexity index is 915. The van der Waals surface area contributed by atoms with E-state index < -0.39 is 5.54 Å². The van der Waals surface area contributed by atoms with Gasteiger partial charge in [-0.3, -0.25) is 9.69 Å². The summed E-state index contributed by atoms with van der Waals surface area (Å²) in [5, 5.41) is 8.18. The van der Waals surface area contributed by atoms with Gasteiger partial charge in [0, 0.05) is 43.7 Å². The minimum atomic E-state index is -0.612. The molecule has 0 saturated carbocycles. The van der Waals surface area contributed by atoms with E-state index in [1.54, 1.807) is 6.92 Å². The SMILES string of the molecule is CC(=O)NC1(c2nc(C)no2)CCN(Cc2cccc3[nH]ccc23)C1. The molecule has 1 aliphatic rings. The van der Waals surface area contributed by atoms with Crippen molar-refractivity contribution in [3.8, 4) is 0 Å². The first-order valence-corrected chi connectivity index (χ1v) is 8.43. The summed E-state index contributed by atoms with van der Waals surface area (Å²) in [6.07, 6.45) is 2.71. The molecule has 25 heavy (non-hydrogen) atoms. The Morgan fingerprint density at radius 3 is 3.08 bits per heavy atom. The van der Waals surface area contributed by atoms with Crippen LogP contribution in [0, 0.1) is 6.92 Å². The molecule has 0 aliphatic carbocycles. The number of nitrogens with one attached hydrogen (secondary N) is 2. The third kappa shape index (κ3) is 2.91.